The molecule has 0 aliphatic heterocycles. The predicted molar refractivity (Wildman–Crippen MR) is 88.4 cm³/mol. The first-order valence-corrected chi connectivity index (χ1v) is 7.93. The number of benzene rings is 1. The number of halogens is 2. The first kappa shape index (κ1) is 13.1. The molecule has 0 radical (unpaired) electrons. The molecule has 2 aromatic heterocycles. The van der Waals surface area contributed by atoms with Gasteiger partial charge in [0.05, 0.1) is 2.88 Å². The third kappa shape index (κ3) is 2.32. The van der Waals surface area contributed by atoms with Crippen molar-refractivity contribution in [2.45, 2.75) is 0 Å². The topological polar surface area (TPSA) is 22.0 Å². The van der Waals surface area contributed by atoms with Crippen LogP contribution < -0.4 is 0 Å². The summed E-state index contributed by atoms with van der Waals surface area (Å²) in [5, 5.41) is 3.52. The summed E-state index contributed by atoms with van der Waals surface area (Å²) in [5.74, 6) is 0.0621. The van der Waals surface area contributed by atoms with Gasteiger partial charge in [0.25, 0.3) is 0 Å². The zero-order valence-electron chi connectivity index (χ0n) is 9.98. The quantitative estimate of drug-likeness (QED) is 0.449. The van der Waals surface area contributed by atoms with E-state index in [0.29, 0.717) is 5.02 Å². The molecule has 0 atom stereocenters. The van der Waals surface area contributed by atoms with Gasteiger partial charge in [0.1, 0.15) is 0 Å². The van der Waals surface area contributed by atoms with Gasteiger partial charge in [-0.3, -0.25) is 4.79 Å². The second-order valence-electron chi connectivity index (χ2n) is 4.28. The van der Waals surface area contributed by atoms with Crippen molar-refractivity contribution in [1.29, 1.82) is 0 Å². The van der Waals surface area contributed by atoms with Gasteiger partial charge in [0, 0.05) is 45.7 Å². The minimum absolute atomic E-state index is 0.0621. The summed E-state index contributed by atoms with van der Waals surface area (Å²) in [5.41, 5.74) is 2.45. The molecule has 0 aliphatic carbocycles. The van der Waals surface area contributed by atoms with E-state index in [1.165, 1.54) is 0 Å². The lowest BCUT2D eigenvalue weighted by molar-refractivity contribution is 0.104. The van der Waals surface area contributed by atoms with Crippen LogP contribution in [0.25, 0.3) is 10.9 Å². The molecule has 3 aromatic rings. The number of thiophene rings is 1. The normalized spacial score (nSPS) is 11.1. The van der Waals surface area contributed by atoms with Crippen LogP contribution >= 0.6 is 45.5 Å². The number of rotatable bonds is 2. The maximum absolute atomic E-state index is 12.5. The van der Waals surface area contributed by atoms with E-state index < -0.39 is 0 Å². The average Bonchev–Trinajstić information content (AvgIpc) is 2.94. The van der Waals surface area contributed by atoms with Crippen molar-refractivity contribution in [3.05, 3.63) is 54.9 Å². The Hall–Kier alpha value is -0.850. The van der Waals surface area contributed by atoms with Crippen LogP contribution in [0.15, 0.2) is 35.8 Å². The van der Waals surface area contributed by atoms with E-state index in [9.17, 15) is 4.79 Å². The Morgan fingerprint density at radius 1 is 1.37 bits per heavy atom. The summed E-state index contributed by atoms with van der Waals surface area (Å²) in [7, 11) is 1.92. The summed E-state index contributed by atoms with van der Waals surface area (Å²) < 4.78 is 3.05. The molecule has 0 amide bonds. The van der Waals surface area contributed by atoms with Gasteiger partial charge in [-0.2, -0.15) is 0 Å². The molecule has 2 nitrogen and oxygen atoms in total. The van der Waals surface area contributed by atoms with E-state index in [4.69, 9.17) is 11.6 Å². The zero-order valence-corrected chi connectivity index (χ0v) is 13.7. The summed E-state index contributed by atoms with van der Waals surface area (Å²) in [6, 6.07) is 7.52. The molecule has 0 saturated heterocycles. The SMILES string of the molecule is Cn1cc(C(=O)c2csc(I)c2)c2ccc(Cl)cc21. The lowest BCUT2D eigenvalue weighted by Gasteiger charge is -1.97. The Bertz CT molecular complexity index is 790. The number of ketones is 1. The monoisotopic (exact) mass is 401 g/mol. The Balaban J connectivity index is 2.18. The van der Waals surface area contributed by atoms with Crippen LogP contribution in [0.4, 0.5) is 0 Å². The van der Waals surface area contributed by atoms with Gasteiger partial charge in [0.2, 0.25) is 0 Å². The van der Waals surface area contributed by atoms with Crippen LogP contribution in [0.3, 0.4) is 0 Å². The van der Waals surface area contributed by atoms with Crippen molar-refractivity contribution in [2.75, 3.05) is 0 Å². The molecule has 5 heteroatoms. The van der Waals surface area contributed by atoms with Crippen molar-refractivity contribution in [2.24, 2.45) is 7.05 Å². The minimum atomic E-state index is 0.0621. The number of fused-ring (bicyclic) bond motifs is 1. The number of aryl methyl sites for hydroxylation is 1. The van der Waals surface area contributed by atoms with Crippen molar-refractivity contribution < 1.29 is 4.79 Å². The summed E-state index contributed by atoms with van der Waals surface area (Å²) >= 11 is 9.81. The molecule has 0 aliphatic rings. The number of nitrogens with zero attached hydrogens (tertiary/aromatic N) is 1. The molecule has 3 rings (SSSR count). The zero-order chi connectivity index (χ0) is 13.6. The van der Waals surface area contributed by atoms with Crippen LogP contribution in [0.1, 0.15) is 15.9 Å². The van der Waals surface area contributed by atoms with E-state index in [0.717, 1.165) is 24.9 Å². The number of carbonyl (C=O) groups excluding carboxylic acids is 1. The molecule has 0 fully saturated rings. The van der Waals surface area contributed by atoms with Gasteiger partial charge < -0.3 is 4.57 Å². The number of hydrogen-bond acceptors (Lipinski definition) is 2. The van der Waals surface area contributed by atoms with Crippen LogP contribution in [0.2, 0.25) is 5.02 Å². The lowest BCUT2D eigenvalue weighted by atomic mass is 10.1. The third-order valence-electron chi connectivity index (χ3n) is 3.03. The Morgan fingerprint density at radius 2 is 2.16 bits per heavy atom. The molecule has 0 bridgehead atoms. The fraction of sp³-hybridized carbons (Fsp3) is 0.0714. The second-order valence-corrected chi connectivity index (χ2v) is 7.53. The largest absolute Gasteiger partial charge is 0.350 e. The molecule has 0 saturated carbocycles. The standard InChI is InChI=1S/C14H9ClINOS/c1-17-6-11(10-3-2-9(15)5-12(10)17)14(18)8-4-13(16)19-7-8/h2-7H,1H3. The first-order chi connectivity index (χ1) is 9.06. The van der Waals surface area contributed by atoms with Gasteiger partial charge in [-0.05, 0) is 40.8 Å². The molecule has 0 spiro atoms. The van der Waals surface area contributed by atoms with E-state index in [2.05, 4.69) is 22.6 Å². The predicted octanol–water partition coefficient (Wildman–Crippen LogP) is 4.73. The van der Waals surface area contributed by atoms with E-state index >= 15 is 0 Å². The van der Waals surface area contributed by atoms with Crippen molar-refractivity contribution >= 4 is 62.2 Å². The average molecular weight is 402 g/mol. The summed E-state index contributed by atoms with van der Waals surface area (Å²) in [6.07, 6.45) is 1.87. The van der Waals surface area contributed by atoms with Gasteiger partial charge >= 0.3 is 0 Å². The van der Waals surface area contributed by atoms with Crippen molar-refractivity contribution in [1.82, 2.24) is 4.57 Å². The summed E-state index contributed by atoms with van der Waals surface area (Å²) in [6.45, 7) is 0. The summed E-state index contributed by atoms with van der Waals surface area (Å²) in [4.78, 5) is 12.5. The van der Waals surface area contributed by atoms with E-state index in [1.54, 1.807) is 11.3 Å². The minimum Gasteiger partial charge on any atom is -0.350 e. The van der Waals surface area contributed by atoms with Crippen LogP contribution in [0.5, 0.6) is 0 Å². The number of aromatic nitrogens is 1. The molecule has 0 N–H and O–H groups in total. The second kappa shape index (κ2) is 4.92. The lowest BCUT2D eigenvalue weighted by Crippen LogP contribution is -1.98. The number of carbonyl (C=O) groups is 1. The van der Waals surface area contributed by atoms with Gasteiger partial charge in [-0.25, -0.2) is 0 Å². The highest BCUT2D eigenvalue weighted by Crippen LogP contribution is 2.27. The van der Waals surface area contributed by atoms with E-state index in [1.807, 2.05) is 47.5 Å². The highest BCUT2D eigenvalue weighted by molar-refractivity contribution is 14.1. The Kier molecular flexibility index (Phi) is 3.41. The van der Waals surface area contributed by atoms with Crippen molar-refractivity contribution in [3.63, 3.8) is 0 Å². The molecule has 1 aromatic carbocycles. The Labute approximate surface area is 133 Å². The van der Waals surface area contributed by atoms with Gasteiger partial charge in [-0.15, -0.1) is 11.3 Å². The van der Waals surface area contributed by atoms with Crippen molar-refractivity contribution in [3.8, 4) is 0 Å². The molecule has 2 heterocycles. The first-order valence-electron chi connectivity index (χ1n) is 5.59. The van der Waals surface area contributed by atoms with Gasteiger partial charge in [0.15, 0.2) is 5.78 Å². The fourth-order valence-electron chi connectivity index (χ4n) is 2.12. The van der Waals surface area contributed by atoms with Crippen LogP contribution in [-0.2, 0) is 7.05 Å². The molecular formula is C14H9ClINOS. The van der Waals surface area contributed by atoms with Gasteiger partial charge in [-0.1, -0.05) is 17.7 Å². The molecular weight excluding hydrogens is 393 g/mol. The highest BCUT2D eigenvalue weighted by atomic mass is 127. The Morgan fingerprint density at radius 3 is 2.84 bits per heavy atom. The molecule has 96 valence electrons. The molecule has 0 unspecified atom stereocenters. The van der Waals surface area contributed by atoms with Crippen LogP contribution in [-0.4, -0.2) is 10.4 Å². The number of hydrogen-bond donors (Lipinski definition) is 0. The highest BCUT2D eigenvalue weighted by Gasteiger charge is 2.16. The third-order valence-corrected chi connectivity index (χ3v) is 5.05. The maximum Gasteiger partial charge on any atom is 0.196 e. The van der Waals surface area contributed by atoms with Crippen LogP contribution in [0, 0.1) is 2.88 Å². The maximum atomic E-state index is 12.5. The molecule has 19 heavy (non-hydrogen) atoms. The fourth-order valence-corrected chi connectivity index (χ4v) is 3.62. The van der Waals surface area contributed by atoms with E-state index in [-0.39, 0.29) is 5.78 Å². The smallest absolute Gasteiger partial charge is 0.196 e.